The van der Waals surface area contributed by atoms with Crippen LogP contribution in [0.15, 0.2) is 24.3 Å². The minimum Gasteiger partial charge on any atom is -0.316 e. The average Bonchev–Trinajstić information content (AvgIpc) is 2.52. The lowest BCUT2D eigenvalue weighted by Gasteiger charge is -2.27. The van der Waals surface area contributed by atoms with Gasteiger partial charge in [0.1, 0.15) is 0 Å². The molecule has 0 aromatic heterocycles. The van der Waals surface area contributed by atoms with Gasteiger partial charge in [-0.15, -0.1) is 0 Å². The second-order valence-electron chi connectivity index (χ2n) is 6.17. The molecule has 1 fully saturated rings. The molecule has 0 saturated heterocycles. The summed E-state index contributed by atoms with van der Waals surface area (Å²) >= 11 is 0. The second kappa shape index (κ2) is 8.13. The van der Waals surface area contributed by atoms with E-state index in [9.17, 15) is 10.1 Å². The highest BCUT2D eigenvalue weighted by Gasteiger charge is 2.19. The quantitative estimate of drug-likeness (QED) is 0.470. The number of hydrogen-bond acceptors (Lipinski definition) is 3. The van der Waals surface area contributed by atoms with Gasteiger partial charge in [0.05, 0.1) is 4.92 Å². The van der Waals surface area contributed by atoms with Gasteiger partial charge in [-0.2, -0.15) is 0 Å². The lowest BCUT2D eigenvalue weighted by Crippen LogP contribution is -2.27. The molecule has 0 radical (unpaired) electrons. The Hall–Kier alpha value is -1.42. The van der Waals surface area contributed by atoms with Crippen LogP contribution in [0.5, 0.6) is 0 Å². The van der Waals surface area contributed by atoms with Crippen molar-refractivity contribution in [2.45, 2.75) is 45.4 Å². The largest absolute Gasteiger partial charge is 0.316 e. The summed E-state index contributed by atoms with van der Waals surface area (Å²) in [7, 11) is 0. The van der Waals surface area contributed by atoms with Crippen LogP contribution in [0.3, 0.4) is 0 Å². The Morgan fingerprint density at radius 3 is 2.33 bits per heavy atom. The zero-order chi connectivity index (χ0) is 15.1. The van der Waals surface area contributed by atoms with E-state index in [1.165, 1.54) is 32.1 Å². The summed E-state index contributed by atoms with van der Waals surface area (Å²) in [5, 5.41) is 14.1. The Labute approximate surface area is 127 Å². The van der Waals surface area contributed by atoms with Crippen LogP contribution in [-0.4, -0.2) is 18.0 Å². The molecule has 0 spiro atoms. The molecule has 0 heterocycles. The summed E-state index contributed by atoms with van der Waals surface area (Å²) in [6, 6.07) is 6.88. The molecule has 2 rings (SSSR count). The van der Waals surface area contributed by atoms with Crippen molar-refractivity contribution in [1.82, 2.24) is 5.32 Å². The van der Waals surface area contributed by atoms with E-state index in [-0.39, 0.29) is 10.6 Å². The molecule has 0 amide bonds. The number of nitro benzene ring substituents is 1. The van der Waals surface area contributed by atoms with Gasteiger partial charge >= 0.3 is 0 Å². The highest BCUT2D eigenvalue weighted by atomic mass is 16.6. The highest BCUT2D eigenvalue weighted by Crippen LogP contribution is 2.30. The molecular formula is C17H26N2O2. The standard InChI is InChI=1S/C17H26N2O2/c1-2-14-3-5-16(6-4-14)13-18-12-11-15-7-9-17(10-8-15)19(20)21/h7-10,14,16,18H,2-6,11-13H2,1H3. The number of nitrogens with zero attached hydrogens (tertiary/aromatic N) is 1. The molecule has 4 nitrogen and oxygen atoms in total. The Kier molecular flexibility index (Phi) is 6.18. The highest BCUT2D eigenvalue weighted by molar-refractivity contribution is 5.32. The molecule has 0 unspecified atom stereocenters. The monoisotopic (exact) mass is 290 g/mol. The van der Waals surface area contributed by atoms with Gasteiger partial charge in [-0.05, 0) is 49.8 Å². The fourth-order valence-electron chi connectivity index (χ4n) is 3.17. The van der Waals surface area contributed by atoms with Crippen LogP contribution >= 0.6 is 0 Å². The average molecular weight is 290 g/mol. The minimum absolute atomic E-state index is 0.166. The van der Waals surface area contributed by atoms with Gasteiger partial charge in [0.25, 0.3) is 5.69 Å². The second-order valence-corrected chi connectivity index (χ2v) is 6.17. The third-order valence-electron chi connectivity index (χ3n) is 4.71. The first-order chi connectivity index (χ1) is 10.2. The van der Waals surface area contributed by atoms with Crippen LogP contribution in [0.2, 0.25) is 0 Å². The molecule has 1 aromatic rings. The molecule has 0 aliphatic heterocycles. The number of non-ortho nitro benzene ring substituents is 1. The topological polar surface area (TPSA) is 55.2 Å². The van der Waals surface area contributed by atoms with Gasteiger partial charge in [-0.3, -0.25) is 10.1 Å². The molecular weight excluding hydrogens is 264 g/mol. The van der Waals surface area contributed by atoms with Crippen molar-refractivity contribution in [2.24, 2.45) is 11.8 Å². The molecule has 1 aromatic carbocycles. The maximum absolute atomic E-state index is 10.6. The van der Waals surface area contributed by atoms with Crippen LogP contribution in [0, 0.1) is 22.0 Å². The van der Waals surface area contributed by atoms with E-state index in [1.54, 1.807) is 12.1 Å². The van der Waals surface area contributed by atoms with E-state index in [4.69, 9.17) is 0 Å². The van der Waals surface area contributed by atoms with Gasteiger partial charge in [0.2, 0.25) is 0 Å². The van der Waals surface area contributed by atoms with Gasteiger partial charge in [0.15, 0.2) is 0 Å². The fraction of sp³-hybridized carbons (Fsp3) is 0.647. The molecule has 1 N–H and O–H groups in total. The van der Waals surface area contributed by atoms with Crippen molar-refractivity contribution in [3.05, 3.63) is 39.9 Å². The van der Waals surface area contributed by atoms with Crippen LogP contribution in [0.1, 0.15) is 44.6 Å². The predicted octanol–water partition coefficient (Wildman–Crippen LogP) is 3.94. The lowest BCUT2D eigenvalue weighted by atomic mass is 9.81. The van der Waals surface area contributed by atoms with Gasteiger partial charge < -0.3 is 5.32 Å². The zero-order valence-electron chi connectivity index (χ0n) is 12.9. The molecule has 1 aliphatic carbocycles. The van der Waals surface area contributed by atoms with Crippen molar-refractivity contribution >= 4 is 5.69 Å². The third kappa shape index (κ3) is 5.12. The van der Waals surface area contributed by atoms with Crippen molar-refractivity contribution in [3.63, 3.8) is 0 Å². The van der Waals surface area contributed by atoms with Crippen LogP contribution < -0.4 is 5.32 Å². The van der Waals surface area contributed by atoms with Gasteiger partial charge in [0, 0.05) is 12.1 Å². The van der Waals surface area contributed by atoms with E-state index >= 15 is 0 Å². The van der Waals surface area contributed by atoms with Crippen LogP contribution in [0.25, 0.3) is 0 Å². The first-order valence-electron chi connectivity index (χ1n) is 8.13. The fourth-order valence-corrected chi connectivity index (χ4v) is 3.17. The Morgan fingerprint density at radius 2 is 1.76 bits per heavy atom. The zero-order valence-corrected chi connectivity index (χ0v) is 12.9. The minimum atomic E-state index is -0.353. The smallest absolute Gasteiger partial charge is 0.269 e. The first-order valence-corrected chi connectivity index (χ1v) is 8.13. The van der Waals surface area contributed by atoms with Crippen molar-refractivity contribution in [1.29, 1.82) is 0 Å². The van der Waals surface area contributed by atoms with Crippen molar-refractivity contribution in [2.75, 3.05) is 13.1 Å². The van der Waals surface area contributed by atoms with Crippen molar-refractivity contribution in [3.8, 4) is 0 Å². The maximum Gasteiger partial charge on any atom is 0.269 e. The number of benzene rings is 1. The lowest BCUT2D eigenvalue weighted by molar-refractivity contribution is -0.384. The number of hydrogen-bond donors (Lipinski definition) is 1. The predicted molar refractivity (Wildman–Crippen MR) is 85.4 cm³/mol. The third-order valence-corrected chi connectivity index (χ3v) is 4.71. The summed E-state index contributed by atoms with van der Waals surface area (Å²) in [5.74, 6) is 1.80. The van der Waals surface area contributed by atoms with E-state index in [0.717, 1.165) is 36.9 Å². The maximum atomic E-state index is 10.6. The molecule has 1 aliphatic rings. The molecule has 0 atom stereocenters. The van der Waals surface area contributed by atoms with E-state index in [1.807, 2.05) is 12.1 Å². The van der Waals surface area contributed by atoms with Gasteiger partial charge in [-0.25, -0.2) is 0 Å². The van der Waals surface area contributed by atoms with Gasteiger partial charge in [-0.1, -0.05) is 38.3 Å². The Morgan fingerprint density at radius 1 is 1.14 bits per heavy atom. The Balaban J connectivity index is 1.62. The van der Waals surface area contributed by atoms with E-state index in [0.29, 0.717) is 0 Å². The van der Waals surface area contributed by atoms with Crippen LogP contribution in [0.4, 0.5) is 5.69 Å². The summed E-state index contributed by atoms with van der Waals surface area (Å²) in [5.41, 5.74) is 1.32. The Bertz CT molecular complexity index is 437. The van der Waals surface area contributed by atoms with E-state index in [2.05, 4.69) is 12.2 Å². The summed E-state index contributed by atoms with van der Waals surface area (Å²) in [6.45, 7) is 4.36. The van der Waals surface area contributed by atoms with Crippen molar-refractivity contribution < 1.29 is 4.92 Å². The SMILES string of the molecule is CCC1CCC(CNCCc2ccc([N+](=O)[O-])cc2)CC1. The summed E-state index contributed by atoms with van der Waals surface area (Å²) < 4.78 is 0. The molecule has 4 heteroatoms. The number of rotatable bonds is 7. The molecule has 0 bridgehead atoms. The van der Waals surface area contributed by atoms with E-state index < -0.39 is 0 Å². The molecule has 1 saturated carbocycles. The molecule has 21 heavy (non-hydrogen) atoms. The summed E-state index contributed by atoms with van der Waals surface area (Å²) in [4.78, 5) is 10.2. The van der Waals surface area contributed by atoms with Crippen LogP contribution in [-0.2, 0) is 6.42 Å². The normalized spacial score (nSPS) is 22.1. The first kappa shape index (κ1) is 16.0. The number of nitro groups is 1. The summed E-state index contributed by atoms with van der Waals surface area (Å²) in [6.07, 6.45) is 7.78. The molecule has 116 valence electrons. The number of nitrogens with one attached hydrogen (secondary N) is 1.